The molecule has 6 nitrogen and oxygen atoms in total. The second-order valence-electron chi connectivity index (χ2n) is 7.18. The Kier molecular flexibility index (Phi) is 5.49. The molecule has 0 aromatic heterocycles. The third-order valence-electron chi connectivity index (χ3n) is 5.25. The van der Waals surface area contributed by atoms with Crippen molar-refractivity contribution in [2.24, 2.45) is 17.8 Å². The molecule has 2 saturated carbocycles. The van der Waals surface area contributed by atoms with Gasteiger partial charge < -0.3 is 10.1 Å². The van der Waals surface area contributed by atoms with E-state index in [-0.39, 0.29) is 42.0 Å². The smallest absolute Gasteiger partial charge is 0.309 e. The van der Waals surface area contributed by atoms with Crippen LogP contribution in [-0.4, -0.2) is 30.0 Å². The molecule has 0 aliphatic heterocycles. The molecule has 1 unspecified atom stereocenters. The molecular formula is C20H23NO5. The maximum absolute atomic E-state index is 12.3. The first-order chi connectivity index (χ1) is 12.4. The molecule has 138 valence electrons. The van der Waals surface area contributed by atoms with Crippen LogP contribution in [-0.2, 0) is 19.1 Å². The summed E-state index contributed by atoms with van der Waals surface area (Å²) in [5.41, 5.74) is 1.02. The predicted octanol–water partition coefficient (Wildman–Crippen LogP) is 2.77. The highest BCUT2D eigenvalue weighted by Gasteiger charge is 2.41. The van der Waals surface area contributed by atoms with E-state index in [4.69, 9.17) is 4.74 Å². The van der Waals surface area contributed by atoms with Gasteiger partial charge >= 0.3 is 5.97 Å². The number of nitrogens with one attached hydrogen (secondary N) is 1. The van der Waals surface area contributed by atoms with Gasteiger partial charge in [-0.2, -0.15) is 0 Å². The van der Waals surface area contributed by atoms with Crippen LogP contribution in [0.3, 0.4) is 0 Å². The lowest BCUT2D eigenvalue weighted by Crippen LogP contribution is -2.39. The molecule has 0 radical (unpaired) electrons. The van der Waals surface area contributed by atoms with Crippen LogP contribution in [0.25, 0.3) is 0 Å². The molecule has 1 aromatic carbocycles. The van der Waals surface area contributed by atoms with Gasteiger partial charge in [-0.3, -0.25) is 19.2 Å². The molecule has 2 aliphatic carbocycles. The van der Waals surface area contributed by atoms with Crippen LogP contribution in [0, 0.1) is 17.8 Å². The highest BCUT2D eigenvalue weighted by Crippen LogP contribution is 2.40. The van der Waals surface area contributed by atoms with Crippen molar-refractivity contribution in [3.8, 4) is 0 Å². The number of fused-ring (bicyclic) bond motifs is 2. The Labute approximate surface area is 152 Å². The normalized spacial score (nSPS) is 24.7. The molecule has 2 bridgehead atoms. The first kappa shape index (κ1) is 18.3. The predicted molar refractivity (Wildman–Crippen MR) is 94.6 cm³/mol. The van der Waals surface area contributed by atoms with Gasteiger partial charge in [-0.05, 0) is 49.9 Å². The van der Waals surface area contributed by atoms with Gasteiger partial charge in [0.25, 0.3) is 0 Å². The van der Waals surface area contributed by atoms with E-state index in [1.54, 1.807) is 24.3 Å². The van der Waals surface area contributed by atoms with Crippen molar-refractivity contribution < 1.29 is 23.9 Å². The lowest BCUT2D eigenvalue weighted by atomic mass is 9.67. The van der Waals surface area contributed by atoms with Crippen LogP contribution in [0.2, 0.25) is 0 Å². The first-order valence-electron chi connectivity index (χ1n) is 9.05. The molecule has 26 heavy (non-hydrogen) atoms. The third kappa shape index (κ3) is 4.18. The van der Waals surface area contributed by atoms with Gasteiger partial charge in [0.05, 0.1) is 5.92 Å². The Bertz CT molecular complexity index is 708. The van der Waals surface area contributed by atoms with E-state index >= 15 is 0 Å². The third-order valence-corrected chi connectivity index (χ3v) is 5.25. The van der Waals surface area contributed by atoms with E-state index in [1.807, 2.05) is 0 Å². The van der Waals surface area contributed by atoms with Gasteiger partial charge in [0, 0.05) is 30.0 Å². The summed E-state index contributed by atoms with van der Waals surface area (Å²) >= 11 is 0. The van der Waals surface area contributed by atoms with Crippen LogP contribution >= 0.6 is 0 Å². The summed E-state index contributed by atoms with van der Waals surface area (Å²) < 4.78 is 5.22. The second-order valence-corrected chi connectivity index (χ2v) is 7.18. The fourth-order valence-electron chi connectivity index (χ4n) is 3.95. The maximum atomic E-state index is 12.3. The summed E-state index contributed by atoms with van der Waals surface area (Å²) in [7, 11) is 0. The fraction of sp³-hybridized carbons (Fsp3) is 0.500. The number of ketones is 2. The minimum Gasteiger partial charge on any atom is -0.457 e. The van der Waals surface area contributed by atoms with E-state index in [9.17, 15) is 19.2 Å². The number of amides is 1. The molecule has 2 aliphatic rings. The molecule has 2 fully saturated rings. The van der Waals surface area contributed by atoms with Gasteiger partial charge in [-0.15, -0.1) is 0 Å². The molecule has 3 rings (SSSR count). The number of carbonyl (C=O) groups excluding carboxylic acids is 4. The number of Topliss-reactive ketones (excluding diaryl/α,β-unsaturated/α-hetero) is 2. The highest BCUT2D eigenvalue weighted by atomic mass is 16.5. The van der Waals surface area contributed by atoms with Crippen molar-refractivity contribution in [3.05, 3.63) is 29.8 Å². The minimum absolute atomic E-state index is 0.0166. The van der Waals surface area contributed by atoms with Gasteiger partial charge in [-0.25, -0.2) is 0 Å². The first-order valence-corrected chi connectivity index (χ1v) is 9.05. The van der Waals surface area contributed by atoms with Crippen LogP contribution < -0.4 is 5.32 Å². The van der Waals surface area contributed by atoms with E-state index in [2.05, 4.69) is 5.32 Å². The summed E-state index contributed by atoms with van der Waals surface area (Å²) in [6.45, 7) is 1.10. The molecule has 1 aromatic rings. The number of hydrogen-bond donors (Lipinski definition) is 1. The quantitative estimate of drug-likeness (QED) is 0.646. The Morgan fingerprint density at radius 1 is 1.08 bits per heavy atom. The molecule has 1 amide bonds. The van der Waals surface area contributed by atoms with Crippen LogP contribution in [0.1, 0.15) is 49.4 Å². The Morgan fingerprint density at radius 3 is 2.27 bits per heavy atom. The zero-order chi connectivity index (χ0) is 18.7. The van der Waals surface area contributed by atoms with Crippen LogP contribution in [0.15, 0.2) is 24.3 Å². The lowest BCUT2D eigenvalue weighted by molar-refractivity contribution is -0.152. The highest BCUT2D eigenvalue weighted by molar-refractivity contribution is 5.99. The average Bonchev–Trinajstić information content (AvgIpc) is 2.59. The Hall–Kier alpha value is -2.50. The molecule has 1 N–H and O–H groups in total. The fourth-order valence-corrected chi connectivity index (χ4v) is 3.95. The van der Waals surface area contributed by atoms with Crippen molar-refractivity contribution in [2.75, 3.05) is 11.9 Å². The summed E-state index contributed by atoms with van der Waals surface area (Å²) in [5, 5.41) is 2.62. The number of rotatable bonds is 5. The number of benzene rings is 1. The zero-order valence-electron chi connectivity index (χ0n) is 14.8. The van der Waals surface area contributed by atoms with Crippen LogP contribution in [0.5, 0.6) is 0 Å². The molecular weight excluding hydrogens is 334 g/mol. The largest absolute Gasteiger partial charge is 0.457 e. The number of hydrogen-bond acceptors (Lipinski definition) is 5. The van der Waals surface area contributed by atoms with Crippen molar-refractivity contribution in [1.82, 2.24) is 0 Å². The molecule has 0 heterocycles. The molecule has 0 spiro atoms. The zero-order valence-corrected chi connectivity index (χ0v) is 14.8. The minimum atomic E-state index is -0.377. The van der Waals surface area contributed by atoms with Crippen molar-refractivity contribution in [3.63, 3.8) is 0 Å². The van der Waals surface area contributed by atoms with Crippen molar-refractivity contribution >= 4 is 29.1 Å². The summed E-state index contributed by atoms with van der Waals surface area (Å²) in [6, 6.07) is 6.44. The molecule has 0 saturated heterocycles. The summed E-state index contributed by atoms with van der Waals surface area (Å²) in [5.74, 6) is -0.867. The monoisotopic (exact) mass is 357 g/mol. The number of esters is 1. The number of anilines is 1. The van der Waals surface area contributed by atoms with Gasteiger partial charge in [0.1, 0.15) is 5.78 Å². The summed E-state index contributed by atoms with van der Waals surface area (Å²) in [6.07, 6.45) is 3.87. The molecule has 3 atom stereocenters. The van der Waals surface area contributed by atoms with Gasteiger partial charge in [0.15, 0.2) is 12.4 Å². The number of ether oxygens (including phenoxy) is 1. The van der Waals surface area contributed by atoms with E-state index < -0.39 is 0 Å². The van der Waals surface area contributed by atoms with E-state index in [0.717, 1.165) is 19.3 Å². The lowest BCUT2D eigenvalue weighted by Gasteiger charge is -2.36. The standard InChI is InChI=1S/C20H23NO5/c1-12(22)21-17-7-5-13(6-8-17)18(23)11-26-20(25)16-9-14-3-2-4-15(10-16)19(14)24/h5-8,14-16H,2-4,9-11H2,1H3,(H,21,22)/t14-,15+,16?. The average molecular weight is 357 g/mol. The van der Waals surface area contributed by atoms with E-state index in [0.29, 0.717) is 29.9 Å². The SMILES string of the molecule is CC(=O)Nc1ccc(C(=O)COC(=O)C2C[C@H]3CCC[C@@H](C2)C3=O)cc1. The van der Waals surface area contributed by atoms with Gasteiger partial charge in [-0.1, -0.05) is 6.42 Å². The number of carbonyl (C=O) groups is 4. The van der Waals surface area contributed by atoms with Crippen LogP contribution in [0.4, 0.5) is 5.69 Å². The molecule has 6 heteroatoms. The van der Waals surface area contributed by atoms with Crippen molar-refractivity contribution in [1.29, 1.82) is 0 Å². The second kappa shape index (κ2) is 7.81. The van der Waals surface area contributed by atoms with E-state index in [1.165, 1.54) is 6.92 Å². The maximum Gasteiger partial charge on any atom is 0.309 e. The van der Waals surface area contributed by atoms with Crippen molar-refractivity contribution in [2.45, 2.75) is 39.0 Å². The Balaban J connectivity index is 1.52. The summed E-state index contributed by atoms with van der Waals surface area (Å²) in [4.78, 5) is 47.6. The van der Waals surface area contributed by atoms with Gasteiger partial charge in [0.2, 0.25) is 5.91 Å². The Morgan fingerprint density at radius 2 is 1.69 bits per heavy atom. The topological polar surface area (TPSA) is 89.5 Å².